The van der Waals surface area contributed by atoms with Gasteiger partial charge in [0.15, 0.2) is 0 Å². The molecule has 18 heavy (non-hydrogen) atoms. The molecule has 1 aliphatic heterocycles. The number of ether oxygens (including phenoxy) is 1. The maximum atomic E-state index is 11.8. The number of likely N-dealkylation sites (tertiary alicyclic amines) is 1. The molecule has 2 N–H and O–H groups in total. The van der Waals surface area contributed by atoms with Gasteiger partial charge in [-0.1, -0.05) is 19.1 Å². The zero-order valence-electron chi connectivity index (χ0n) is 11.0. The van der Waals surface area contributed by atoms with Crippen molar-refractivity contribution in [3.8, 4) is 0 Å². The number of methoxy groups -OCH3 is 1. The number of anilines is 1. The summed E-state index contributed by atoms with van der Waals surface area (Å²) in [5.74, 6) is 0.378. The summed E-state index contributed by atoms with van der Waals surface area (Å²) in [7, 11) is 1.39. The molecule has 0 spiro atoms. The second-order valence-electron chi connectivity index (χ2n) is 5.00. The van der Waals surface area contributed by atoms with Crippen LogP contribution in [0.15, 0.2) is 18.2 Å². The van der Waals surface area contributed by atoms with Crippen LogP contribution in [-0.4, -0.2) is 31.1 Å². The van der Waals surface area contributed by atoms with Gasteiger partial charge >= 0.3 is 5.97 Å². The molecule has 1 heterocycles. The summed E-state index contributed by atoms with van der Waals surface area (Å²) < 4.78 is 4.81. The SMILES string of the molecule is COC(=O)c1c(N)cccc1CN1CCC(C)C1. The smallest absolute Gasteiger partial charge is 0.340 e. The highest BCUT2D eigenvalue weighted by molar-refractivity contribution is 5.96. The van der Waals surface area contributed by atoms with Gasteiger partial charge in [-0.15, -0.1) is 0 Å². The molecule has 2 rings (SSSR count). The van der Waals surface area contributed by atoms with Crippen LogP contribution in [0.5, 0.6) is 0 Å². The number of esters is 1. The number of hydrogen-bond donors (Lipinski definition) is 1. The number of nitrogens with zero attached hydrogens (tertiary/aromatic N) is 1. The van der Waals surface area contributed by atoms with Gasteiger partial charge in [-0.25, -0.2) is 4.79 Å². The number of hydrogen-bond acceptors (Lipinski definition) is 4. The molecule has 1 unspecified atom stereocenters. The van der Waals surface area contributed by atoms with Crippen molar-refractivity contribution in [1.82, 2.24) is 4.90 Å². The third kappa shape index (κ3) is 2.64. The Labute approximate surface area is 108 Å². The number of carbonyl (C=O) groups is 1. The van der Waals surface area contributed by atoms with E-state index in [1.54, 1.807) is 6.07 Å². The van der Waals surface area contributed by atoms with E-state index in [0.29, 0.717) is 11.3 Å². The molecule has 1 fully saturated rings. The third-order valence-electron chi connectivity index (χ3n) is 3.47. The van der Waals surface area contributed by atoms with Gasteiger partial charge < -0.3 is 10.5 Å². The van der Waals surface area contributed by atoms with Gasteiger partial charge in [0.05, 0.1) is 12.7 Å². The molecule has 98 valence electrons. The summed E-state index contributed by atoms with van der Waals surface area (Å²) in [6.07, 6.45) is 1.22. The molecule has 0 radical (unpaired) electrons. The number of rotatable bonds is 3. The first kappa shape index (κ1) is 12.9. The predicted octanol–water partition coefficient (Wildman–Crippen LogP) is 1.90. The van der Waals surface area contributed by atoms with Gasteiger partial charge in [0.1, 0.15) is 0 Å². The Morgan fingerprint density at radius 1 is 1.56 bits per heavy atom. The van der Waals surface area contributed by atoms with Crippen LogP contribution >= 0.6 is 0 Å². The van der Waals surface area contributed by atoms with Gasteiger partial charge in [-0.2, -0.15) is 0 Å². The van der Waals surface area contributed by atoms with Gasteiger partial charge in [-0.05, 0) is 30.5 Å². The van der Waals surface area contributed by atoms with Crippen molar-refractivity contribution >= 4 is 11.7 Å². The lowest BCUT2D eigenvalue weighted by molar-refractivity contribution is 0.0599. The largest absolute Gasteiger partial charge is 0.465 e. The maximum absolute atomic E-state index is 11.8. The highest BCUT2D eigenvalue weighted by atomic mass is 16.5. The maximum Gasteiger partial charge on any atom is 0.340 e. The number of benzene rings is 1. The fourth-order valence-electron chi connectivity index (χ4n) is 2.51. The quantitative estimate of drug-likeness (QED) is 0.655. The van der Waals surface area contributed by atoms with Crippen LogP contribution in [0.25, 0.3) is 0 Å². The zero-order chi connectivity index (χ0) is 13.1. The first-order chi connectivity index (χ1) is 8.61. The van der Waals surface area contributed by atoms with E-state index in [9.17, 15) is 4.79 Å². The number of carbonyl (C=O) groups excluding carboxylic acids is 1. The van der Waals surface area contributed by atoms with Crippen molar-refractivity contribution in [2.24, 2.45) is 5.92 Å². The van der Waals surface area contributed by atoms with Crippen LogP contribution in [0.2, 0.25) is 0 Å². The average molecular weight is 248 g/mol. The molecule has 1 aromatic rings. The molecule has 1 saturated heterocycles. The second-order valence-corrected chi connectivity index (χ2v) is 5.00. The predicted molar refractivity (Wildman–Crippen MR) is 71.3 cm³/mol. The van der Waals surface area contributed by atoms with Gasteiger partial charge in [0, 0.05) is 18.8 Å². The molecule has 0 aliphatic carbocycles. The van der Waals surface area contributed by atoms with Crippen molar-refractivity contribution in [2.75, 3.05) is 25.9 Å². The molecule has 4 nitrogen and oxygen atoms in total. The first-order valence-corrected chi connectivity index (χ1v) is 6.30. The Morgan fingerprint density at radius 3 is 2.94 bits per heavy atom. The monoisotopic (exact) mass is 248 g/mol. The Balaban J connectivity index is 2.22. The molecular formula is C14H20N2O2. The molecule has 1 atom stereocenters. The van der Waals surface area contributed by atoms with Crippen LogP contribution in [0, 0.1) is 5.92 Å². The summed E-state index contributed by atoms with van der Waals surface area (Å²) in [6, 6.07) is 5.57. The van der Waals surface area contributed by atoms with Crippen LogP contribution in [-0.2, 0) is 11.3 Å². The minimum absolute atomic E-state index is 0.352. The van der Waals surface area contributed by atoms with E-state index in [0.717, 1.165) is 31.1 Å². The molecular weight excluding hydrogens is 228 g/mol. The summed E-state index contributed by atoms with van der Waals surface area (Å²) in [6.45, 7) is 5.17. The molecule has 0 bridgehead atoms. The fraction of sp³-hybridized carbons (Fsp3) is 0.500. The zero-order valence-corrected chi connectivity index (χ0v) is 11.0. The van der Waals surface area contributed by atoms with Crippen LogP contribution in [0.3, 0.4) is 0 Å². The number of nitrogen functional groups attached to an aromatic ring is 1. The minimum atomic E-state index is -0.352. The van der Waals surface area contributed by atoms with Gasteiger partial charge in [0.25, 0.3) is 0 Å². The van der Waals surface area contributed by atoms with E-state index >= 15 is 0 Å². The highest BCUT2D eigenvalue weighted by Gasteiger charge is 2.22. The molecule has 0 saturated carbocycles. The van der Waals surface area contributed by atoms with Gasteiger partial charge in [0.2, 0.25) is 0 Å². The van der Waals surface area contributed by atoms with E-state index in [1.807, 2.05) is 12.1 Å². The summed E-state index contributed by atoms with van der Waals surface area (Å²) in [5, 5.41) is 0. The van der Waals surface area contributed by atoms with E-state index in [-0.39, 0.29) is 5.97 Å². The lowest BCUT2D eigenvalue weighted by atomic mass is 10.0. The third-order valence-corrected chi connectivity index (χ3v) is 3.47. The van der Waals surface area contributed by atoms with Crippen LogP contribution in [0.4, 0.5) is 5.69 Å². The van der Waals surface area contributed by atoms with Crippen LogP contribution < -0.4 is 5.73 Å². The second kappa shape index (κ2) is 5.40. The normalized spacial score (nSPS) is 20.0. The van der Waals surface area contributed by atoms with E-state index in [2.05, 4.69) is 11.8 Å². The number of nitrogens with two attached hydrogens (primary N) is 1. The fourth-order valence-corrected chi connectivity index (χ4v) is 2.51. The highest BCUT2D eigenvalue weighted by Crippen LogP contribution is 2.23. The minimum Gasteiger partial charge on any atom is -0.465 e. The molecule has 0 aromatic heterocycles. The Kier molecular flexibility index (Phi) is 3.87. The van der Waals surface area contributed by atoms with E-state index in [1.165, 1.54) is 13.5 Å². The Morgan fingerprint density at radius 2 is 2.33 bits per heavy atom. The topological polar surface area (TPSA) is 55.6 Å². The van der Waals surface area contributed by atoms with Crippen molar-refractivity contribution in [2.45, 2.75) is 19.9 Å². The van der Waals surface area contributed by atoms with Crippen molar-refractivity contribution in [3.05, 3.63) is 29.3 Å². The van der Waals surface area contributed by atoms with Crippen LogP contribution in [0.1, 0.15) is 29.3 Å². The molecule has 0 amide bonds. The summed E-state index contributed by atoms with van der Waals surface area (Å²) in [4.78, 5) is 14.1. The molecule has 1 aliphatic rings. The van der Waals surface area contributed by atoms with Crippen molar-refractivity contribution in [1.29, 1.82) is 0 Å². The molecule has 1 aromatic carbocycles. The first-order valence-electron chi connectivity index (χ1n) is 6.30. The molecule has 4 heteroatoms. The summed E-state index contributed by atoms with van der Waals surface area (Å²) in [5.41, 5.74) is 7.84. The van der Waals surface area contributed by atoms with E-state index < -0.39 is 0 Å². The Bertz CT molecular complexity index is 445. The Hall–Kier alpha value is -1.55. The van der Waals surface area contributed by atoms with E-state index in [4.69, 9.17) is 10.5 Å². The lowest BCUT2D eigenvalue weighted by Gasteiger charge is -2.18. The standard InChI is InChI=1S/C14H20N2O2/c1-10-6-7-16(8-10)9-11-4-3-5-12(15)13(11)14(17)18-2/h3-5,10H,6-9,15H2,1-2H3. The average Bonchev–Trinajstić information content (AvgIpc) is 2.74. The van der Waals surface area contributed by atoms with Crippen molar-refractivity contribution < 1.29 is 9.53 Å². The summed E-state index contributed by atoms with van der Waals surface area (Å²) >= 11 is 0. The lowest BCUT2D eigenvalue weighted by Crippen LogP contribution is -2.22. The van der Waals surface area contributed by atoms with Gasteiger partial charge in [-0.3, -0.25) is 4.90 Å². The van der Waals surface area contributed by atoms with Crippen molar-refractivity contribution in [3.63, 3.8) is 0 Å².